The van der Waals surface area contributed by atoms with E-state index in [9.17, 15) is 19.2 Å². The van der Waals surface area contributed by atoms with E-state index in [1.807, 2.05) is 0 Å². The minimum atomic E-state index is -5.22. The van der Waals surface area contributed by atoms with Crippen LogP contribution >= 0.6 is 7.82 Å². The normalized spacial score (nSPS) is 43.7. The fourth-order valence-corrected chi connectivity index (χ4v) is 1.99. The summed E-state index contributed by atoms with van der Waals surface area (Å²) >= 11 is 0. The van der Waals surface area contributed by atoms with Crippen LogP contribution in [0.15, 0.2) is 0 Å². The number of hydrogen-bond acceptors (Lipinski definition) is 7. The van der Waals surface area contributed by atoms with Crippen LogP contribution in [0, 0.1) is 0 Å². The lowest BCUT2D eigenvalue weighted by Crippen LogP contribution is -2.65. The van der Waals surface area contributed by atoms with E-state index in [4.69, 9.17) is 20.0 Å². The summed E-state index contributed by atoms with van der Waals surface area (Å²) in [4.78, 5) is 17.1. The second-order valence-corrected chi connectivity index (χ2v) is 4.60. The zero-order valence-corrected chi connectivity index (χ0v) is 9.14. The van der Waals surface area contributed by atoms with Gasteiger partial charge in [-0.15, -0.1) is 0 Å². The van der Waals surface area contributed by atoms with E-state index in [-0.39, 0.29) is 0 Å². The minimum absolute atomic E-state index is 1.32. The Morgan fingerprint density at radius 1 is 1.35 bits per heavy atom. The number of phosphoric ester groups is 1. The lowest BCUT2D eigenvalue weighted by atomic mass is 9.97. The maximum Gasteiger partial charge on any atom is 0.472 e. The van der Waals surface area contributed by atoms with Gasteiger partial charge in [0.25, 0.3) is 0 Å². The molecule has 0 aliphatic carbocycles. The van der Waals surface area contributed by atoms with Crippen LogP contribution in [0.1, 0.15) is 0 Å². The predicted octanol–water partition coefficient (Wildman–Crippen LogP) is -2.81. The molecule has 102 valence electrons. The highest BCUT2D eigenvalue weighted by molar-refractivity contribution is 7.46. The second-order valence-electron chi connectivity index (χ2n) is 3.44. The molecule has 1 fully saturated rings. The lowest BCUT2D eigenvalue weighted by molar-refractivity contribution is -0.374. The van der Waals surface area contributed by atoms with Crippen LogP contribution in [0.4, 0.5) is 4.39 Å². The maximum atomic E-state index is 13.0. The van der Waals surface area contributed by atoms with Crippen LogP contribution in [-0.2, 0) is 13.8 Å². The largest absolute Gasteiger partial charge is 0.472 e. The van der Waals surface area contributed by atoms with E-state index in [0.29, 0.717) is 0 Å². The zero-order valence-electron chi connectivity index (χ0n) is 8.25. The van der Waals surface area contributed by atoms with Crippen molar-refractivity contribution in [3.8, 4) is 0 Å². The van der Waals surface area contributed by atoms with Crippen molar-refractivity contribution in [2.75, 3.05) is 6.61 Å². The standard InChI is InChI=1S/C6H12FO9P/c7-2-3(9)4(10)6(1-8,15-5(2)11)16-17(12,13)14/h2-5,8-11H,1H2,(H2,12,13,14)/t2-,3-,4+,5?,6-/m1/s1. The number of ether oxygens (including phenoxy) is 1. The van der Waals surface area contributed by atoms with E-state index in [0.717, 1.165) is 0 Å². The van der Waals surface area contributed by atoms with Gasteiger partial charge in [0, 0.05) is 0 Å². The molecule has 1 saturated heterocycles. The van der Waals surface area contributed by atoms with E-state index in [1.54, 1.807) is 0 Å². The Kier molecular flexibility index (Phi) is 4.24. The molecule has 5 atom stereocenters. The summed E-state index contributed by atoms with van der Waals surface area (Å²) in [7, 11) is -5.22. The Labute approximate surface area is 94.3 Å². The van der Waals surface area contributed by atoms with Gasteiger partial charge in [-0.05, 0) is 0 Å². The molecule has 0 amide bonds. The average molecular weight is 278 g/mol. The average Bonchev–Trinajstić information content (AvgIpc) is 2.21. The molecule has 9 nitrogen and oxygen atoms in total. The van der Waals surface area contributed by atoms with Crippen molar-refractivity contribution in [1.29, 1.82) is 0 Å². The first-order valence-corrected chi connectivity index (χ1v) is 5.89. The monoisotopic (exact) mass is 278 g/mol. The van der Waals surface area contributed by atoms with E-state index < -0.39 is 44.9 Å². The third kappa shape index (κ3) is 2.99. The van der Waals surface area contributed by atoms with Gasteiger partial charge in [0.2, 0.25) is 5.79 Å². The molecule has 1 heterocycles. The molecule has 1 unspecified atom stereocenters. The van der Waals surface area contributed by atoms with Gasteiger partial charge in [-0.1, -0.05) is 0 Å². The number of hydrogen-bond donors (Lipinski definition) is 6. The van der Waals surface area contributed by atoms with Crippen LogP contribution in [0.2, 0.25) is 0 Å². The van der Waals surface area contributed by atoms with Gasteiger partial charge in [-0.25, -0.2) is 13.5 Å². The van der Waals surface area contributed by atoms with Crippen molar-refractivity contribution >= 4 is 7.82 Å². The molecule has 0 radical (unpaired) electrons. The molecule has 0 spiro atoms. The summed E-state index contributed by atoms with van der Waals surface area (Å²) in [5.41, 5.74) is 0. The Morgan fingerprint density at radius 3 is 2.29 bits per heavy atom. The zero-order chi connectivity index (χ0) is 13.4. The fraction of sp³-hybridized carbons (Fsp3) is 1.00. The molecule has 0 saturated carbocycles. The molecule has 0 aromatic heterocycles. The topological polar surface area (TPSA) is 157 Å². The van der Waals surface area contributed by atoms with Crippen molar-refractivity contribution < 1.29 is 48.4 Å². The number of alkyl halides is 1. The van der Waals surface area contributed by atoms with E-state index in [1.165, 1.54) is 0 Å². The lowest BCUT2D eigenvalue weighted by Gasteiger charge is -2.44. The molecule has 1 aliphatic heterocycles. The van der Waals surface area contributed by atoms with Crippen molar-refractivity contribution in [1.82, 2.24) is 0 Å². The van der Waals surface area contributed by atoms with Gasteiger partial charge in [-0.2, -0.15) is 0 Å². The summed E-state index contributed by atoms with van der Waals surface area (Å²) in [6.45, 7) is -1.32. The summed E-state index contributed by atoms with van der Waals surface area (Å²) < 4.78 is 31.9. The van der Waals surface area contributed by atoms with Crippen LogP contribution in [-0.4, -0.2) is 67.3 Å². The molecular weight excluding hydrogens is 266 g/mol. The van der Waals surface area contributed by atoms with E-state index in [2.05, 4.69) is 9.26 Å². The van der Waals surface area contributed by atoms with Crippen molar-refractivity contribution in [2.24, 2.45) is 0 Å². The van der Waals surface area contributed by atoms with Crippen molar-refractivity contribution in [3.05, 3.63) is 0 Å². The van der Waals surface area contributed by atoms with Crippen LogP contribution in [0.3, 0.4) is 0 Å². The summed E-state index contributed by atoms with van der Waals surface area (Å²) in [6, 6.07) is 0. The molecular formula is C6H12FO9P. The molecule has 0 bridgehead atoms. The molecule has 17 heavy (non-hydrogen) atoms. The van der Waals surface area contributed by atoms with Gasteiger partial charge in [0.1, 0.15) is 18.8 Å². The summed E-state index contributed by atoms with van der Waals surface area (Å²) in [6.07, 6.45) is -9.26. The highest BCUT2D eigenvalue weighted by atomic mass is 31.2. The predicted molar refractivity (Wildman–Crippen MR) is 46.9 cm³/mol. The molecule has 1 aliphatic rings. The maximum absolute atomic E-state index is 13.0. The minimum Gasteiger partial charge on any atom is -0.391 e. The Morgan fingerprint density at radius 2 is 1.88 bits per heavy atom. The molecule has 6 N–H and O–H groups in total. The molecule has 1 rings (SSSR count). The van der Waals surface area contributed by atoms with Gasteiger partial charge in [0.15, 0.2) is 12.5 Å². The van der Waals surface area contributed by atoms with Gasteiger partial charge < -0.3 is 34.9 Å². The SMILES string of the molecule is O=P(O)(O)O[C@@]1(CO)OC(O)[C@H](F)[C@@H](O)[C@@H]1O. The highest BCUT2D eigenvalue weighted by Crippen LogP contribution is 2.45. The number of phosphoric acid groups is 1. The highest BCUT2D eigenvalue weighted by Gasteiger charge is 2.57. The van der Waals surface area contributed by atoms with Gasteiger partial charge in [-0.3, -0.25) is 0 Å². The first-order chi connectivity index (χ1) is 7.63. The Hall–Kier alpha value is -0.160. The Balaban J connectivity index is 3.02. The quantitative estimate of drug-likeness (QED) is 0.300. The third-order valence-electron chi connectivity index (χ3n) is 2.19. The first kappa shape index (κ1) is 14.9. The number of rotatable bonds is 3. The van der Waals surface area contributed by atoms with Crippen LogP contribution in [0.25, 0.3) is 0 Å². The Bertz CT molecular complexity index is 321. The van der Waals surface area contributed by atoms with Gasteiger partial charge in [0.05, 0.1) is 0 Å². The van der Waals surface area contributed by atoms with Crippen LogP contribution in [0.5, 0.6) is 0 Å². The number of aliphatic hydroxyl groups excluding tert-OH is 4. The molecule has 0 aromatic carbocycles. The molecule has 0 aromatic rings. The molecule has 11 heteroatoms. The number of halogens is 1. The second kappa shape index (κ2) is 4.84. The summed E-state index contributed by atoms with van der Waals surface area (Å²) in [5, 5.41) is 36.5. The smallest absolute Gasteiger partial charge is 0.391 e. The van der Waals surface area contributed by atoms with Crippen LogP contribution < -0.4 is 0 Å². The number of aliphatic hydroxyl groups is 4. The summed E-state index contributed by atoms with van der Waals surface area (Å²) in [5.74, 6) is -2.81. The van der Waals surface area contributed by atoms with E-state index >= 15 is 0 Å². The van der Waals surface area contributed by atoms with Gasteiger partial charge >= 0.3 is 7.82 Å². The fourth-order valence-electron chi connectivity index (χ4n) is 1.38. The third-order valence-corrected chi connectivity index (χ3v) is 2.73. The van der Waals surface area contributed by atoms with Crippen molar-refractivity contribution in [3.63, 3.8) is 0 Å². The van der Waals surface area contributed by atoms with Crippen molar-refractivity contribution in [2.45, 2.75) is 30.5 Å². The first-order valence-electron chi connectivity index (χ1n) is 4.36.